The predicted molar refractivity (Wildman–Crippen MR) is 113 cm³/mol. The van der Waals surface area contributed by atoms with Crippen LogP contribution >= 0.6 is 15.9 Å². The van der Waals surface area contributed by atoms with Crippen molar-refractivity contribution in [2.24, 2.45) is 0 Å². The van der Waals surface area contributed by atoms with E-state index in [1.165, 1.54) is 32.3 Å². The fraction of sp³-hybridized carbons (Fsp3) is 0. The molecule has 0 radical (unpaired) electrons. The molecule has 0 aliphatic rings. The Bertz CT molecular complexity index is 923. The normalized spacial score (nSPS) is 10.6. The van der Waals surface area contributed by atoms with Gasteiger partial charge in [0.1, 0.15) is 0 Å². The average molecular weight is 385 g/mol. The second-order valence-corrected chi connectivity index (χ2v) is 6.85. The minimum absolute atomic E-state index is 1.13. The molecular formula is C24H17Br. The number of benzene rings is 5. The van der Waals surface area contributed by atoms with E-state index in [0.29, 0.717) is 0 Å². The van der Waals surface area contributed by atoms with Crippen LogP contribution in [0.1, 0.15) is 0 Å². The Labute approximate surface area is 155 Å². The number of fused-ring (bicyclic) bond motifs is 6. The summed E-state index contributed by atoms with van der Waals surface area (Å²) in [6.45, 7) is 0. The van der Waals surface area contributed by atoms with Gasteiger partial charge in [-0.3, -0.25) is 0 Å². The van der Waals surface area contributed by atoms with Crippen LogP contribution in [0.25, 0.3) is 32.3 Å². The van der Waals surface area contributed by atoms with Crippen molar-refractivity contribution in [2.45, 2.75) is 0 Å². The van der Waals surface area contributed by atoms with Gasteiger partial charge < -0.3 is 0 Å². The number of hydrogen-bond donors (Lipinski definition) is 0. The van der Waals surface area contributed by atoms with E-state index in [4.69, 9.17) is 0 Å². The molecule has 0 fully saturated rings. The predicted octanol–water partition coefficient (Wildman–Crippen LogP) is 7.60. The molecule has 0 N–H and O–H groups in total. The van der Waals surface area contributed by atoms with Crippen LogP contribution in [-0.4, -0.2) is 0 Å². The van der Waals surface area contributed by atoms with Crippen molar-refractivity contribution in [3.8, 4) is 0 Å². The molecule has 0 saturated carbocycles. The Morgan fingerprint density at radius 3 is 0.760 bits per heavy atom. The molecule has 0 saturated heterocycles. The third kappa shape index (κ3) is 3.16. The average Bonchev–Trinajstić information content (AvgIpc) is 2.69. The van der Waals surface area contributed by atoms with Gasteiger partial charge in [0.25, 0.3) is 0 Å². The van der Waals surface area contributed by atoms with Gasteiger partial charge in [-0.2, -0.15) is 0 Å². The van der Waals surface area contributed by atoms with Crippen LogP contribution in [0, 0.1) is 0 Å². The molecule has 0 spiro atoms. The molecule has 5 aromatic carbocycles. The molecule has 120 valence electrons. The maximum Gasteiger partial charge on any atom is 0.0175 e. The maximum absolute atomic E-state index is 3.31. The molecular weight excluding hydrogens is 368 g/mol. The second-order valence-electron chi connectivity index (χ2n) is 5.93. The van der Waals surface area contributed by atoms with Gasteiger partial charge in [-0.15, -0.1) is 0 Å². The van der Waals surface area contributed by atoms with E-state index in [1.807, 2.05) is 30.3 Å². The van der Waals surface area contributed by atoms with Gasteiger partial charge in [0.15, 0.2) is 0 Å². The van der Waals surface area contributed by atoms with Crippen molar-refractivity contribution in [3.05, 3.63) is 108 Å². The van der Waals surface area contributed by atoms with Gasteiger partial charge in [-0.05, 0) is 44.5 Å². The molecule has 0 amide bonds. The first kappa shape index (κ1) is 15.9. The summed E-state index contributed by atoms with van der Waals surface area (Å²) in [7, 11) is 0. The van der Waals surface area contributed by atoms with E-state index < -0.39 is 0 Å². The largest absolute Gasteiger partial charge is 0.0622 e. The van der Waals surface area contributed by atoms with Gasteiger partial charge in [-0.25, -0.2) is 0 Å². The van der Waals surface area contributed by atoms with Gasteiger partial charge in [-0.1, -0.05) is 107 Å². The Hall–Kier alpha value is -2.64. The zero-order valence-electron chi connectivity index (χ0n) is 13.7. The monoisotopic (exact) mass is 384 g/mol. The topological polar surface area (TPSA) is 0 Å². The maximum atomic E-state index is 3.31. The van der Waals surface area contributed by atoms with Crippen LogP contribution < -0.4 is 0 Å². The Morgan fingerprint density at radius 1 is 0.320 bits per heavy atom. The molecule has 5 aromatic rings. The third-order valence-corrected chi connectivity index (χ3v) is 4.91. The van der Waals surface area contributed by atoms with E-state index in [-0.39, 0.29) is 0 Å². The van der Waals surface area contributed by atoms with Crippen LogP contribution in [0.15, 0.2) is 108 Å². The van der Waals surface area contributed by atoms with Crippen LogP contribution in [0.2, 0.25) is 0 Å². The lowest BCUT2D eigenvalue weighted by atomic mass is 9.95. The zero-order valence-corrected chi connectivity index (χ0v) is 15.3. The fourth-order valence-corrected chi connectivity index (χ4v) is 3.58. The molecule has 0 atom stereocenters. The summed E-state index contributed by atoms with van der Waals surface area (Å²) in [5.41, 5.74) is 0. The van der Waals surface area contributed by atoms with E-state index in [0.717, 1.165) is 4.47 Å². The zero-order chi connectivity index (χ0) is 17.1. The summed E-state index contributed by atoms with van der Waals surface area (Å²) in [5.74, 6) is 0. The van der Waals surface area contributed by atoms with Crippen molar-refractivity contribution < 1.29 is 0 Å². The van der Waals surface area contributed by atoms with Gasteiger partial charge in [0.05, 0.1) is 0 Å². The molecule has 0 bridgehead atoms. The number of halogens is 1. The molecule has 5 rings (SSSR count). The summed E-state index contributed by atoms with van der Waals surface area (Å²) in [4.78, 5) is 0. The van der Waals surface area contributed by atoms with Crippen molar-refractivity contribution in [3.63, 3.8) is 0 Å². The minimum Gasteiger partial charge on any atom is -0.0622 e. The van der Waals surface area contributed by atoms with Crippen LogP contribution in [0.3, 0.4) is 0 Å². The summed E-state index contributed by atoms with van der Waals surface area (Å²) >= 11 is 3.31. The highest BCUT2D eigenvalue weighted by Gasteiger charge is 2.06. The van der Waals surface area contributed by atoms with E-state index in [2.05, 4.69) is 88.7 Å². The summed E-state index contributed by atoms with van der Waals surface area (Å²) in [5, 5.41) is 8.04. The molecule has 0 aliphatic heterocycles. The summed E-state index contributed by atoms with van der Waals surface area (Å²) in [6.07, 6.45) is 0. The van der Waals surface area contributed by atoms with Crippen molar-refractivity contribution >= 4 is 48.2 Å². The number of rotatable bonds is 0. The minimum atomic E-state index is 1.13. The summed E-state index contributed by atoms with van der Waals surface area (Å²) < 4.78 is 1.13. The van der Waals surface area contributed by atoms with Gasteiger partial charge in [0.2, 0.25) is 0 Å². The highest BCUT2D eigenvalue weighted by Crippen LogP contribution is 2.34. The van der Waals surface area contributed by atoms with Gasteiger partial charge >= 0.3 is 0 Å². The molecule has 0 nitrogen and oxygen atoms in total. The Morgan fingerprint density at radius 2 is 0.560 bits per heavy atom. The second kappa shape index (κ2) is 7.08. The number of hydrogen-bond acceptors (Lipinski definition) is 0. The third-order valence-electron chi connectivity index (χ3n) is 4.38. The molecule has 1 heteroatoms. The van der Waals surface area contributed by atoms with Crippen molar-refractivity contribution in [2.75, 3.05) is 0 Å². The van der Waals surface area contributed by atoms with Crippen molar-refractivity contribution in [1.29, 1.82) is 0 Å². The lowest BCUT2D eigenvalue weighted by Crippen LogP contribution is -1.81. The summed E-state index contributed by atoms with van der Waals surface area (Å²) in [6, 6.07) is 35.9. The standard InChI is InChI=1S/C18H12.C6H5Br/c1-2-8-14-13(7-1)15-9-3-4-11-17(15)18-12-6-5-10-16(14)18;7-6-4-2-1-3-5-6/h1-12H;1-5H. The van der Waals surface area contributed by atoms with E-state index in [1.54, 1.807) is 0 Å². The van der Waals surface area contributed by atoms with E-state index >= 15 is 0 Å². The van der Waals surface area contributed by atoms with Crippen LogP contribution in [-0.2, 0) is 0 Å². The highest BCUT2D eigenvalue weighted by molar-refractivity contribution is 9.10. The molecule has 0 heterocycles. The van der Waals surface area contributed by atoms with Gasteiger partial charge in [0, 0.05) is 4.47 Å². The quantitative estimate of drug-likeness (QED) is 0.241. The smallest absolute Gasteiger partial charge is 0.0175 e. The Balaban J connectivity index is 0.000000190. The first-order chi connectivity index (χ1) is 12.3. The SMILES string of the molecule is Brc1ccccc1.c1ccc2c(c1)c1ccccc1c1ccccc21. The molecule has 0 aliphatic carbocycles. The lowest BCUT2D eigenvalue weighted by molar-refractivity contribution is 1.66. The molecule has 0 unspecified atom stereocenters. The Kier molecular flexibility index (Phi) is 4.49. The van der Waals surface area contributed by atoms with E-state index in [9.17, 15) is 0 Å². The van der Waals surface area contributed by atoms with Crippen molar-refractivity contribution in [1.82, 2.24) is 0 Å². The molecule has 25 heavy (non-hydrogen) atoms. The van der Waals surface area contributed by atoms with Crippen LogP contribution in [0.4, 0.5) is 0 Å². The van der Waals surface area contributed by atoms with Crippen LogP contribution in [0.5, 0.6) is 0 Å². The first-order valence-electron chi connectivity index (χ1n) is 8.33. The first-order valence-corrected chi connectivity index (χ1v) is 9.12. The lowest BCUT2D eigenvalue weighted by Gasteiger charge is -2.09. The molecule has 0 aromatic heterocycles. The highest BCUT2D eigenvalue weighted by atomic mass is 79.9. The fourth-order valence-electron chi connectivity index (χ4n) is 3.27.